The molecule has 1 heterocycles. The number of nitrogens with zero attached hydrogens (tertiary/aromatic N) is 1. The van der Waals surface area contributed by atoms with Crippen LogP contribution in [0.2, 0.25) is 0 Å². The van der Waals surface area contributed by atoms with E-state index in [4.69, 9.17) is 9.47 Å². The van der Waals surface area contributed by atoms with Gasteiger partial charge in [-0.1, -0.05) is 13.0 Å². The summed E-state index contributed by atoms with van der Waals surface area (Å²) in [5.74, 6) is -0.971. The normalized spacial score (nSPS) is 29.6. The smallest absolute Gasteiger partial charge is 0.391 e. The van der Waals surface area contributed by atoms with Gasteiger partial charge in [0.05, 0.1) is 25.2 Å². The fourth-order valence-electron chi connectivity index (χ4n) is 4.90. The molecule has 32 heavy (non-hydrogen) atoms. The Hall–Kier alpha value is -2.00. The zero-order valence-corrected chi connectivity index (χ0v) is 18.7. The molecule has 3 atom stereocenters. The van der Waals surface area contributed by atoms with Crippen molar-refractivity contribution in [1.29, 1.82) is 0 Å². The number of likely N-dealkylation sites (tertiary alicyclic amines) is 1. The van der Waals surface area contributed by atoms with Crippen molar-refractivity contribution in [2.45, 2.75) is 63.8 Å². The van der Waals surface area contributed by atoms with E-state index >= 15 is 0 Å². The predicted molar refractivity (Wildman–Crippen MR) is 112 cm³/mol. The highest BCUT2D eigenvalue weighted by Gasteiger charge is 2.48. The average molecular weight is 460 g/mol. The lowest BCUT2D eigenvalue weighted by molar-refractivity contribution is -0.185. The fraction of sp³-hybridized carbons (Fsp3) is 0.696. The largest absolute Gasteiger partial charge is 0.493 e. The third-order valence-corrected chi connectivity index (χ3v) is 7.19. The summed E-state index contributed by atoms with van der Waals surface area (Å²) in [5.41, 5.74) is 0.197. The maximum Gasteiger partial charge on any atom is 0.391 e. The number of hydrogen-bond donors (Lipinski definition) is 2. The molecule has 1 saturated carbocycles. The van der Waals surface area contributed by atoms with Gasteiger partial charge in [-0.25, -0.2) is 0 Å². The molecule has 3 rings (SSSR count). The lowest BCUT2D eigenvalue weighted by atomic mass is 9.72. The summed E-state index contributed by atoms with van der Waals surface area (Å²) in [6.45, 7) is 3.62. The number of carbonyl (C=O) groups excluding carboxylic acids is 1. The topological polar surface area (TPSA) is 79.2 Å². The first-order chi connectivity index (χ1) is 15.0. The standard InChI is InChI=1S/C23H32F3NO5/c1-14(29)22(2)13-27(21(30)12-28)11-18(22)15-4-9-19(31-3)20(10-15)32-17-7-5-16(6-8-17)23(24,25)26/h4,9-10,14,16-18,28-29H,5-8,11-13H2,1-3H3. The summed E-state index contributed by atoms with van der Waals surface area (Å²) in [6.07, 6.45) is -4.52. The number of alkyl halides is 3. The monoisotopic (exact) mass is 459 g/mol. The molecule has 180 valence electrons. The Bertz CT molecular complexity index is 807. The van der Waals surface area contributed by atoms with Crippen molar-refractivity contribution >= 4 is 5.91 Å². The first kappa shape index (κ1) is 24.6. The first-order valence-corrected chi connectivity index (χ1v) is 11.0. The van der Waals surface area contributed by atoms with Gasteiger partial charge in [0.25, 0.3) is 0 Å². The van der Waals surface area contributed by atoms with Crippen molar-refractivity contribution < 1.29 is 37.7 Å². The van der Waals surface area contributed by atoms with Crippen LogP contribution in [-0.4, -0.2) is 66.2 Å². The summed E-state index contributed by atoms with van der Waals surface area (Å²) in [6, 6.07) is 5.39. The molecule has 2 N–H and O–H groups in total. The number of halogens is 3. The molecular weight excluding hydrogens is 427 g/mol. The van der Waals surface area contributed by atoms with Crippen LogP contribution in [-0.2, 0) is 4.79 Å². The first-order valence-electron chi connectivity index (χ1n) is 11.0. The lowest BCUT2D eigenvalue weighted by Crippen LogP contribution is -2.38. The summed E-state index contributed by atoms with van der Waals surface area (Å²) in [4.78, 5) is 13.6. The number of rotatable bonds is 6. The van der Waals surface area contributed by atoms with E-state index in [1.807, 2.05) is 13.0 Å². The van der Waals surface area contributed by atoms with E-state index in [9.17, 15) is 28.2 Å². The van der Waals surface area contributed by atoms with E-state index in [2.05, 4.69) is 0 Å². The highest BCUT2D eigenvalue weighted by Crippen LogP contribution is 2.47. The third kappa shape index (κ3) is 4.98. The second-order valence-corrected chi connectivity index (χ2v) is 9.21. The quantitative estimate of drug-likeness (QED) is 0.681. The molecule has 3 unspecified atom stereocenters. The third-order valence-electron chi connectivity index (χ3n) is 7.19. The second kappa shape index (κ2) is 9.47. The van der Waals surface area contributed by atoms with Crippen LogP contribution in [0.5, 0.6) is 11.5 Å². The molecule has 2 aliphatic rings. The van der Waals surface area contributed by atoms with Crippen molar-refractivity contribution in [2.24, 2.45) is 11.3 Å². The highest BCUT2D eigenvalue weighted by atomic mass is 19.4. The average Bonchev–Trinajstić information content (AvgIpc) is 3.12. The van der Waals surface area contributed by atoms with E-state index in [0.29, 0.717) is 37.4 Å². The van der Waals surface area contributed by atoms with Crippen LogP contribution in [0.1, 0.15) is 51.0 Å². The van der Waals surface area contributed by atoms with Crippen molar-refractivity contribution in [3.05, 3.63) is 23.8 Å². The van der Waals surface area contributed by atoms with Gasteiger partial charge in [0.15, 0.2) is 11.5 Å². The van der Waals surface area contributed by atoms with Crippen LogP contribution in [0.4, 0.5) is 13.2 Å². The maximum atomic E-state index is 13.0. The van der Waals surface area contributed by atoms with Gasteiger partial charge >= 0.3 is 6.18 Å². The molecule has 1 aromatic rings. The molecule has 6 nitrogen and oxygen atoms in total. The number of hydrogen-bond acceptors (Lipinski definition) is 5. The number of aliphatic hydroxyl groups excluding tert-OH is 2. The lowest BCUT2D eigenvalue weighted by Gasteiger charge is -2.34. The molecule has 0 aromatic heterocycles. The Morgan fingerprint density at radius 3 is 2.44 bits per heavy atom. The zero-order chi connectivity index (χ0) is 23.7. The van der Waals surface area contributed by atoms with Crippen LogP contribution in [0.25, 0.3) is 0 Å². The van der Waals surface area contributed by atoms with Crippen molar-refractivity contribution in [3.8, 4) is 11.5 Å². The number of carbonyl (C=O) groups is 1. The fourth-order valence-corrected chi connectivity index (χ4v) is 4.90. The Morgan fingerprint density at radius 1 is 1.25 bits per heavy atom. The maximum absolute atomic E-state index is 13.0. The van der Waals surface area contributed by atoms with Crippen molar-refractivity contribution in [2.75, 3.05) is 26.8 Å². The van der Waals surface area contributed by atoms with E-state index in [-0.39, 0.29) is 24.9 Å². The SMILES string of the molecule is COc1ccc(C2CN(C(=O)CO)CC2(C)C(C)O)cc1OC1CCC(C(F)(F)F)CC1. The molecule has 1 amide bonds. The number of ether oxygens (including phenoxy) is 2. The van der Waals surface area contributed by atoms with Gasteiger partial charge in [-0.3, -0.25) is 4.79 Å². The van der Waals surface area contributed by atoms with E-state index in [1.54, 1.807) is 24.0 Å². The van der Waals surface area contributed by atoms with Gasteiger partial charge in [0.1, 0.15) is 6.61 Å². The number of amides is 1. The molecule has 1 aliphatic heterocycles. The molecule has 1 aliphatic carbocycles. The molecule has 2 fully saturated rings. The molecular formula is C23H32F3NO5. The predicted octanol–water partition coefficient (Wildman–Crippen LogP) is 3.50. The number of aliphatic hydroxyl groups is 2. The van der Waals surface area contributed by atoms with Gasteiger partial charge < -0.3 is 24.6 Å². The van der Waals surface area contributed by atoms with Gasteiger partial charge in [-0.2, -0.15) is 13.2 Å². The summed E-state index contributed by atoms with van der Waals surface area (Å²) >= 11 is 0. The van der Waals surface area contributed by atoms with E-state index in [1.165, 1.54) is 7.11 Å². The number of benzene rings is 1. The Kier molecular flexibility index (Phi) is 7.29. The minimum atomic E-state index is -4.17. The zero-order valence-electron chi connectivity index (χ0n) is 18.7. The molecule has 0 spiro atoms. The summed E-state index contributed by atoms with van der Waals surface area (Å²) in [7, 11) is 1.50. The minimum absolute atomic E-state index is 0.0388. The summed E-state index contributed by atoms with van der Waals surface area (Å²) in [5, 5.41) is 19.8. The molecule has 9 heteroatoms. The molecule has 1 aromatic carbocycles. The van der Waals surface area contributed by atoms with Crippen LogP contribution in [0.3, 0.4) is 0 Å². The Labute approximate surface area is 186 Å². The van der Waals surface area contributed by atoms with Gasteiger partial charge in [0.2, 0.25) is 5.91 Å². The van der Waals surface area contributed by atoms with Crippen LogP contribution < -0.4 is 9.47 Å². The minimum Gasteiger partial charge on any atom is -0.493 e. The van der Waals surface area contributed by atoms with Crippen LogP contribution in [0.15, 0.2) is 18.2 Å². The molecule has 0 radical (unpaired) electrons. The Balaban J connectivity index is 1.82. The Morgan fingerprint density at radius 2 is 1.91 bits per heavy atom. The molecule has 1 saturated heterocycles. The van der Waals surface area contributed by atoms with Gasteiger partial charge in [-0.15, -0.1) is 0 Å². The molecule has 0 bridgehead atoms. The van der Waals surface area contributed by atoms with Crippen LogP contribution >= 0.6 is 0 Å². The highest BCUT2D eigenvalue weighted by molar-refractivity contribution is 5.77. The van der Waals surface area contributed by atoms with E-state index < -0.39 is 36.1 Å². The van der Waals surface area contributed by atoms with Crippen LogP contribution in [0, 0.1) is 11.3 Å². The number of methoxy groups -OCH3 is 1. The van der Waals surface area contributed by atoms with Crippen molar-refractivity contribution in [3.63, 3.8) is 0 Å². The van der Waals surface area contributed by atoms with E-state index in [0.717, 1.165) is 5.56 Å². The summed E-state index contributed by atoms with van der Waals surface area (Å²) < 4.78 is 50.4. The second-order valence-electron chi connectivity index (χ2n) is 9.21. The van der Waals surface area contributed by atoms with Crippen molar-refractivity contribution in [1.82, 2.24) is 4.90 Å². The van der Waals surface area contributed by atoms with Gasteiger partial charge in [0, 0.05) is 24.4 Å². The van der Waals surface area contributed by atoms with Gasteiger partial charge in [-0.05, 0) is 50.3 Å².